The van der Waals surface area contributed by atoms with Gasteiger partial charge in [-0.1, -0.05) is 31.0 Å². The molecule has 0 bridgehead atoms. The highest BCUT2D eigenvalue weighted by molar-refractivity contribution is 6.31. The third kappa shape index (κ3) is 4.42. The Labute approximate surface area is 141 Å². The Balaban J connectivity index is 2.07. The maximum atomic E-state index is 12.3. The summed E-state index contributed by atoms with van der Waals surface area (Å²) in [6.07, 6.45) is 2.21. The average Bonchev–Trinajstić information content (AvgIpc) is 2.57. The van der Waals surface area contributed by atoms with E-state index in [1.165, 1.54) is 0 Å². The quantitative estimate of drug-likeness (QED) is 0.870. The monoisotopic (exact) mass is 332 g/mol. The van der Waals surface area contributed by atoms with E-state index in [2.05, 4.69) is 22.4 Å². The highest BCUT2D eigenvalue weighted by Gasteiger charge is 2.12. The van der Waals surface area contributed by atoms with Crippen molar-refractivity contribution < 1.29 is 4.79 Å². The number of hydrogen-bond donors (Lipinski definition) is 1. The van der Waals surface area contributed by atoms with E-state index in [0.717, 1.165) is 30.8 Å². The van der Waals surface area contributed by atoms with Gasteiger partial charge in [-0.15, -0.1) is 10.2 Å². The van der Waals surface area contributed by atoms with Crippen molar-refractivity contribution in [3.8, 4) is 0 Å². The molecule has 0 saturated heterocycles. The lowest BCUT2D eigenvalue weighted by atomic mass is 10.2. The molecule has 0 saturated carbocycles. The summed E-state index contributed by atoms with van der Waals surface area (Å²) in [5, 5.41) is 11.6. The minimum Gasteiger partial charge on any atom is -0.358 e. The van der Waals surface area contributed by atoms with E-state index in [1.807, 2.05) is 24.9 Å². The summed E-state index contributed by atoms with van der Waals surface area (Å²) in [5.41, 5.74) is 1.77. The Morgan fingerprint density at radius 3 is 2.70 bits per heavy atom. The topological polar surface area (TPSA) is 58.1 Å². The second-order valence-electron chi connectivity index (χ2n) is 5.42. The number of amides is 1. The second-order valence-corrected chi connectivity index (χ2v) is 5.83. The first-order chi connectivity index (χ1) is 11.0. The number of hydrogen-bond acceptors (Lipinski definition) is 4. The molecule has 23 heavy (non-hydrogen) atoms. The van der Waals surface area contributed by atoms with Crippen molar-refractivity contribution in [2.24, 2.45) is 0 Å². The van der Waals surface area contributed by atoms with Gasteiger partial charge in [0.2, 0.25) is 0 Å². The van der Waals surface area contributed by atoms with Crippen LogP contribution in [0.3, 0.4) is 0 Å². The van der Waals surface area contributed by atoms with Crippen LogP contribution in [0.25, 0.3) is 0 Å². The van der Waals surface area contributed by atoms with Crippen molar-refractivity contribution >= 4 is 29.0 Å². The summed E-state index contributed by atoms with van der Waals surface area (Å²) in [5.74, 6) is 0.458. The second kappa shape index (κ2) is 7.92. The van der Waals surface area contributed by atoms with Gasteiger partial charge < -0.3 is 10.2 Å². The number of unbranched alkanes of at least 4 members (excludes halogenated alkanes) is 1. The molecular weight excluding hydrogens is 312 g/mol. The van der Waals surface area contributed by atoms with Gasteiger partial charge in [-0.25, -0.2) is 0 Å². The van der Waals surface area contributed by atoms with Crippen LogP contribution in [0.5, 0.6) is 0 Å². The number of carbonyl (C=O) groups excluding carboxylic acids is 1. The standard InChI is InChI=1S/C17H21ClN4O/c1-4-5-11-22(3)16-10-9-15(20-21-16)17(23)19-14-8-6-7-13(18)12(14)2/h6-10H,4-5,11H2,1-3H3,(H,19,23). The molecule has 1 amide bonds. The molecule has 0 radical (unpaired) electrons. The van der Waals surface area contributed by atoms with Crippen LogP contribution in [-0.2, 0) is 0 Å². The summed E-state index contributed by atoms with van der Waals surface area (Å²) in [6, 6.07) is 8.87. The summed E-state index contributed by atoms with van der Waals surface area (Å²) in [4.78, 5) is 14.3. The van der Waals surface area contributed by atoms with E-state index in [1.54, 1.807) is 24.3 Å². The first kappa shape index (κ1) is 17.2. The summed E-state index contributed by atoms with van der Waals surface area (Å²) >= 11 is 6.06. The molecule has 0 aliphatic heterocycles. The van der Waals surface area contributed by atoms with E-state index in [-0.39, 0.29) is 11.6 Å². The normalized spacial score (nSPS) is 10.4. The molecule has 6 heteroatoms. The molecule has 5 nitrogen and oxygen atoms in total. The van der Waals surface area contributed by atoms with Gasteiger partial charge in [0.25, 0.3) is 5.91 Å². The Hall–Kier alpha value is -2.14. The van der Waals surface area contributed by atoms with Crippen LogP contribution in [-0.4, -0.2) is 29.7 Å². The highest BCUT2D eigenvalue weighted by atomic mass is 35.5. The Bertz CT molecular complexity index is 673. The molecule has 0 fully saturated rings. The number of halogens is 1. The molecule has 1 N–H and O–H groups in total. The van der Waals surface area contributed by atoms with Gasteiger partial charge in [-0.05, 0) is 43.2 Å². The van der Waals surface area contributed by atoms with Crippen molar-refractivity contribution in [3.05, 3.63) is 46.6 Å². The molecule has 122 valence electrons. The summed E-state index contributed by atoms with van der Waals surface area (Å²) in [7, 11) is 1.97. The minimum atomic E-state index is -0.300. The third-order valence-electron chi connectivity index (χ3n) is 3.64. The number of aromatic nitrogens is 2. The van der Waals surface area contributed by atoms with Gasteiger partial charge in [0, 0.05) is 24.3 Å². The molecule has 0 unspecified atom stereocenters. The number of benzene rings is 1. The van der Waals surface area contributed by atoms with Crippen LogP contribution in [0.2, 0.25) is 5.02 Å². The summed E-state index contributed by atoms with van der Waals surface area (Å²) in [6.45, 7) is 4.92. The first-order valence-corrected chi connectivity index (χ1v) is 8.02. The van der Waals surface area contributed by atoms with Crippen LogP contribution in [0, 0.1) is 6.92 Å². The predicted octanol–water partition coefficient (Wildman–Crippen LogP) is 3.93. The van der Waals surface area contributed by atoms with Crippen molar-refractivity contribution in [3.63, 3.8) is 0 Å². The zero-order valence-electron chi connectivity index (χ0n) is 13.6. The maximum absolute atomic E-state index is 12.3. The van der Waals surface area contributed by atoms with Crippen LogP contribution >= 0.6 is 11.6 Å². The molecule has 0 atom stereocenters. The first-order valence-electron chi connectivity index (χ1n) is 7.64. The lowest BCUT2D eigenvalue weighted by Gasteiger charge is -2.17. The minimum absolute atomic E-state index is 0.275. The van der Waals surface area contributed by atoms with Gasteiger partial charge >= 0.3 is 0 Å². The maximum Gasteiger partial charge on any atom is 0.276 e. The summed E-state index contributed by atoms with van der Waals surface area (Å²) < 4.78 is 0. The zero-order valence-corrected chi connectivity index (χ0v) is 14.4. The van der Waals surface area contributed by atoms with Crippen LogP contribution in [0.4, 0.5) is 11.5 Å². The molecule has 1 aromatic carbocycles. The van der Waals surface area contributed by atoms with Crippen molar-refractivity contribution in [1.29, 1.82) is 0 Å². The smallest absolute Gasteiger partial charge is 0.276 e. The average molecular weight is 333 g/mol. The van der Waals surface area contributed by atoms with Gasteiger partial charge in [0.05, 0.1) is 0 Å². The molecular formula is C17H21ClN4O. The molecule has 2 rings (SSSR count). The van der Waals surface area contributed by atoms with Gasteiger partial charge in [0.1, 0.15) is 0 Å². The Morgan fingerprint density at radius 1 is 1.26 bits per heavy atom. The number of nitrogens with zero attached hydrogens (tertiary/aromatic N) is 3. The molecule has 2 aromatic rings. The fourth-order valence-electron chi connectivity index (χ4n) is 2.09. The lowest BCUT2D eigenvalue weighted by Crippen LogP contribution is -2.21. The number of nitrogens with one attached hydrogen (secondary N) is 1. The number of carbonyl (C=O) groups is 1. The van der Waals surface area contributed by atoms with Gasteiger partial charge in [-0.3, -0.25) is 4.79 Å². The van der Waals surface area contributed by atoms with E-state index < -0.39 is 0 Å². The molecule has 0 aliphatic rings. The SMILES string of the molecule is CCCCN(C)c1ccc(C(=O)Nc2cccc(Cl)c2C)nn1. The van der Waals surface area contributed by atoms with Crippen molar-refractivity contribution in [1.82, 2.24) is 10.2 Å². The van der Waals surface area contributed by atoms with Gasteiger partial charge in [-0.2, -0.15) is 0 Å². The van der Waals surface area contributed by atoms with E-state index >= 15 is 0 Å². The highest BCUT2D eigenvalue weighted by Crippen LogP contribution is 2.23. The van der Waals surface area contributed by atoms with Crippen molar-refractivity contribution in [2.45, 2.75) is 26.7 Å². The van der Waals surface area contributed by atoms with Crippen molar-refractivity contribution in [2.75, 3.05) is 23.8 Å². The van der Waals surface area contributed by atoms with E-state index in [9.17, 15) is 4.79 Å². The fourth-order valence-corrected chi connectivity index (χ4v) is 2.26. The van der Waals surface area contributed by atoms with Gasteiger partial charge in [0.15, 0.2) is 11.5 Å². The molecule has 1 aromatic heterocycles. The van der Waals surface area contributed by atoms with E-state index in [4.69, 9.17) is 11.6 Å². The lowest BCUT2D eigenvalue weighted by molar-refractivity contribution is 0.102. The van der Waals surface area contributed by atoms with Crippen LogP contribution in [0.1, 0.15) is 35.8 Å². The zero-order chi connectivity index (χ0) is 16.8. The molecule has 0 aliphatic carbocycles. The predicted molar refractivity (Wildman–Crippen MR) is 94.4 cm³/mol. The van der Waals surface area contributed by atoms with E-state index in [0.29, 0.717) is 10.7 Å². The molecule has 0 spiro atoms. The van der Waals surface area contributed by atoms with Crippen LogP contribution in [0.15, 0.2) is 30.3 Å². The largest absolute Gasteiger partial charge is 0.358 e. The number of anilines is 2. The number of rotatable bonds is 6. The molecule has 1 heterocycles. The Morgan fingerprint density at radius 2 is 2.04 bits per heavy atom. The fraction of sp³-hybridized carbons (Fsp3) is 0.353. The Kier molecular flexibility index (Phi) is 5.93. The third-order valence-corrected chi connectivity index (χ3v) is 4.05. The van der Waals surface area contributed by atoms with Crippen LogP contribution < -0.4 is 10.2 Å².